The predicted octanol–water partition coefficient (Wildman–Crippen LogP) is 4.12. The van der Waals surface area contributed by atoms with Gasteiger partial charge in [-0.25, -0.2) is 4.39 Å². The van der Waals surface area contributed by atoms with Gasteiger partial charge in [-0.05, 0) is 44.4 Å². The van der Waals surface area contributed by atoms with E-state index in [-0.39, 0.29) is 5.82 Å². The Morgan fingerprint density at radius 2 is 2.00 bits per heavy atom. The molecule has 4 rings (SSSR count). The molecule has 2 aliphatic rings. The van der Waals surface area contributed by atoms with Crippen LogP contribution >= 0.6 is 11.8 Å². The van der Waals surface area contributed by atoms with E-state index < -0.39 is 0 Å². The predicted molar refractivity (Wildman–Crippen MR) is 103 cm³/mol. The van der Waals surface area contributed by atoms with Crippen LogP contribution in [0.3, 0.4) is 0 Å². The summed E-state index contributed by atoms with van der Waals surface area (Å²) < 4.78 is 16.1. The van der Waals surface area contributed by atoms with Gasteiger partial charge in [0.2, 0.25) is 0 Å². The van der Waals surface area contributed by atoms with E-state index in [1.54, 1.807) is 17.8 Å². The van der Waals surface area contributed by atoms with Gasteiger partial charge in [-0.2, -0.15) is 0 Å². The molecule has 1 fully saturated rings. The Hall–Kier alpha value is -1.40. The molecule has 1 unspecified atom stereocenters. The number of rotatable bonds is 5. The Balaban J connectivity index is 1.34. The smallest absolute Gasteiger partial charge is 0.137 e. The molecule has 0 spiro atoms. The topological polar surface area (TPSA) is 34.0 Å². The van der Waals surface area contributed by atoms with Crippen molar-refractivity contribution < 1.29 is 4.39 Å². The maximum Gasteiger partial charge on any atom is 0.137 e. The van der Waals surface area contributed by atoms with Crippen LogP contribution in [-0.2, 0) is 13.0 Å². The summed E-state index contributed by atoms with van der Waals surface area (Å²) in [5.74, 6) is 3.69. The van der Waals surface area contributed by atoms with E-state index in [2.05, 4.69) is 19.7 Å². The van der Waals surface area contributed by atoms with Crippen LogP contribution in [0.1, 0.15) is 49.7 Å². The van der Waals surface area contributed by atoms with Gasteiger partial charge in [0.15, 0.2) is 0 Å². The van der Waals surface area contributed by atoms with Crippen molar-refractivity contribution >= 4 is 11.8 Å². The number of hydrogen-bond donors (Lipinski definition) is 0. The lowest BCUT2D eigenvalue weighted by molar-refractivity contribution is 0.213. The number of benzene rings is 1. The number of thioether (sulfide) groups is 1. The lowest BCUT2D eigenvalue weighted by Crippen LogP contribution is -2.36. The van der Waals surface area contributed by atoms with Crippen molar-refractivity contribution in [3.8, 4) is 0 Å². The zero-order valence-corrected chi connectivity index (χ0v) is 16.1. The van der Waals surface area contributed by atoms with Gasteiger partial charge >= 0.3 is 0 Å². The van der Waals surface area contributed by atoms with Gasteiger partial charge in [0.05, 0.1) is 0 Å². The summed E-state index contributed by atoms with van der Waals surface area (Å²) in [6.07, 6.45) is 7.26. The Morgan fingerprint density at radius 3 is 2.92 bits per heavy atom. The average molecular weight is 375 g/mol. The highest BCUT2D eigenvalue weighted by Gasteiger charge is 2.27. The number of piperidine rings is 1. The Kier molecular flexibility index (Phi) is 5.90. The number of aromatic nitrogens is 3. The molecule has 0 N–H and O–H groups in total. The first-order chi connectivity index (χ1) is 12.8. The summed E-state index contributed by atoms with van der Waals surface area (Å²) in [5, 5.41) is 9.05. The second-order valence-corrected chi connectivity index (χ2v) is 8.49. The number of hydrogen-bond acceptors (Lipinski definition) is 4. The van der Waals surface area contributed by atoms with Crippen molar-refractivity contribution in [2.75, 3.05) is 25.4 Å². The first kappa shape index (κ1) is 18.0. The second-order valence-electron chi connectivity index (χ2n) is 7.36. The fraction of sp³-hybridized carbons (Fsp3) is 0.600. The third-order valence-electron chi connectivity index (χ3n) is 5.51. The highest BCUT2D eigenvalue weighted by molar-refractivity contribution is 7.99. The minimum absolute atomic E-state index is 0.111. The van der Waals surface area contributed by atoms with Crippen LogP contribution in [0, 0.1) is 5.82 Å². The van der Waals surface area contributed by atoms with Crippen LogP contribution in [0.15, 0.2) is 29.2 Å². The maximum absolute atomic E-state index is 13.7. The van der Waals surface area contributed by atoms with Crippen LogP contribution < -0.4 is 0 Å². The van der Waals surface area contributed by atoms with Crippen LogP contribution in [-0.4, -0.2) is 45.1 Å². The lowest BCUT2D eigenvalue weighted by Gasteiger charge is -2.32. The largest absolute Gasteiger partial charge is 0.315 e. The van der Waals surface area contributed by atoms with E-state index in [1.807, 2.05) is 12.1 Å². The number of nitrogens with zero attached hydrogens (tertiary/aromatic N) is 4. The normalized spacial score (nSPS) is 21.3. The van der Waals surface area contributed by atoms with Gasteiger partial charge in [0.1, 0.15) is 17.5 Å². The molecule has 0 amide bonds. The third kappa shape index (κ3) is 4.12. The Morgan fingerprint density at radius 1 is 1.08 bits per heavy atom. The quantitative estimate of drug-likeness (QED) is 0.738. The monoisotopic (exact) mass is 374 g/mol. The number of fused-ring (bicyclic) bond motifs is 1. The summed E-state index contributed by atoms with van der Waals surface area (Å²) in [5.41, 5.74) is 0. The van der Waals surface area contributed by atoms with Crippen LogP contribution in [0.2, 0.25) is 0 Å². The molecule has 0 aliphatic carbocycles. The van der Waals surface area contributed by atoms with Gasteiger partial charge in [-0.3, -0.25) is 0 Å². The Labute approximate surface area is 159 Å². The number of halogens is 1. The molecule has 4 nitrogen and oxygen atoms in total. The molecule has 0 radical (unpaired) electrons. The van der Waals surface area contributed by atoms with Crippen molar-refractivity contribution in [3.63, 3.8) is 0 Å². The van der Waals surface area contributed by atoms with Crippen molar-refractivity contribution in [1.82, 2.24) is 19.7 Å². The summed E-state index contributed by atoms with van der Waals surface area (Å²) in [4.78, 5) is 3.27. The van der Waals surface area contributed by atoms with E-state index in [9.17, 15) is 4.39 Å². The summed E-state index contributed by atoms with van der Waals surface area (Å²) >= 11 is 1.62. The first-order valence-electron chi connectivity index (χ1n) is 9.83. The maximum atomic E-state index is 13.7. The van der Waals surface area contributed by atoms with Crippen LogP contribution in [0.25, 0.3) is 0 Å². The summed E-state index contributed by atoms with van der Waals surface area (Å²) in [6.45, 7) is 4.26. The third-order valence-corrected chi connectivity index (χ3v) is 6.54. The van der Waals surface area contributed by atoms with Crippen LogP contribution in [0.4, 0.5) is 4.39 Å². The highest BCUT2D eigenvalue weighted by atomic mass is 32.2. The molecule has 140 valence electrons. The van der Waals surface area contributed by atoms with Gasteiger partial charge in [0.25, 0.3) is 0 Å². The van der Waals surface area contributed by atoms with E-state index in [1.165, 1.54) is 49.8 Å². The van der Waals surface area contributed by atoms with E-state index >= 15 is 0 Å². The molecule has 6 heteroatoms. The minimum Gasteiger partial charge on any atom is -0.315 e. The molecule has 3 heterocycles. The average Bonchev–Trinajstić information content (AvgIpc) is 2.92. The van der Waals surface area contributed by atoms with Crippen molar-refractivity contribution in [1.29, 1.82) is 0 Å². The molecule has 2 aromatic rings. The zero-order valence-electron chi connectivity index (χ0n) is 15.2. The van der Waals surface area contributed by atoms with E-state index in [0.29, 0.717) is 5.92 Å². The van der Waals surface area contributed by atoms with Crippen molar-refractivity contribution in [3.05, 3.63) is 41.7 Å². The first-order valence-corrected chi connectivity index (χ1v) is 10.8. The molecule has 1 aromatic heterocycles. The van der Waals surface area contributed by atoms with Crippen LogP contribution in [0.5, 0.6) is 0 Å². The SMILES string of the molecule is Fc1ccccc1SCCN1CCCC(c2nnc3n2CCCCC3)C1. The van der Waals surface area contributed by atoms with E-state index in [4.69, 9.17) is 0 Å². The van der Waals surface area contributed by atoms with Crippen molar-refractivity contribution in [2.45, 2.75) is 55.9 Å². The van der Waals surface area contributed by atoms with Gasteiger partial charge in [0, 0.05) is 42.6 Å². The lowest BCUT2D eigenvalue weighted by atomic mass is 9.97. The molecule has 0 bridgehead atoms. The summed E-state index contributed by atoms with van der Waals surface area (Å²) in [7, 11) is 0. The van der Waals surface area contributed by atoms with Gasteiger partial charge in [-0.15, -0.1) is 22.0 Å². The molecule has 1 atom stereocenters. The molecule has 1 aromatic carbocycles. The molecule has 1 saturated heterocycles. The second kappa shape index (κ2) is 8.53. The molecule has 0 saturated carbocycles. The highest BCUT2D eigenvalue weighted by Crippen LogP contribution is 2.28. The van der Waals surface area contributed by atoms with Gasteiger partial charge in [-0.1, -0.05) is 18.6 Å². The number of likely N-dealkylation sites (tertiary alicyclic amines) is 1. The van der Waals surface area contributed by atoms with Gasteiger partial charge < -0.3 is 9.47 Å². The Bertz CT molecular complexity index is 732. The molecular formula is C20H27FN4S. The van der Waals surface area contributed by atoms with E-state index in [0.717, 1.165) is 43.2 Å². The molecular weight excluding hydrogens is 347 g/mol. The van der Waals surface area contributed by atoms with Crippen molar-refractivity contribution in [2.24, 2.45) is 0 Å². The molecule has 26 heavy (non-hydrogen) atoms. The minimum atomic E-state index is -0.111. The fourth-order valence-corrected chi connectivity index (χ4v) is 5.08. The molecule has 2 aliphatic heterocycles. The fourth-order valence-electron chi connectivity index (χ4n) is 4.13. The zero-order chi connectivity index (χ0) is 17.8. The summed E-state index contributed by atoms with van der Waals surface area (Å²) in [6, 6.07) is 7.05. The standard InChI is InChI=1S/C20H27FN4S/c21-17-8-3-4-9-18(17)26-14-13-24-11-6-7-16(15-24)20-23-22-19-10-2-1-5-12-25(19)20/h3-4,8-9,16H,1-2,5-7,10-15H2. The number of aryl methyl sites for hydroxylation is 1.